The molecule has 1 N–H and O–H groups in total. The molecule has 3 rings (SSSR count). The number of aliphatic carboxylic acids is 1. The van der Waals surface area contributed by atoms with Crippen molar-refractivity contribution in [3.05, 3.63) is 35.4 Å². The Labute approximate surface area is 120 Å². The Morgan fingerprint density at radius 1 is 1.29 bits per heavy atom. The second-order valence-corrected chi connectivity index (χ2v) is 5.72. The van der Waals surface area contributed by atoms with Gasteiger partial charge in [0.25, 0.3) is 0 Å². The van der Waals surface area contributed by atoms with Crippen molar-refractivity contribution in [3.8, 4) is 0 Å². The van der Waals surface area contributed by atoms with E-state index in [2.05, 4.69) is 0 Å². The van der Waals surface area contributed by atoms with Crippen LogP contribution in [0.25, 0.3) is 0 Å². The molecule has 3 atom stereocenters. The van der Waals surface area contributed by atoms with Crippen LogP contribution in [0.2, 0.25) is 0 Å². The fraction of sp³-hybridized carbons (Fsp3) is 0.467. The van der Waals surface area contributed by atoms with Gasteiger partial charge in [-0.25, -0.2) is 8.78 Å². The zero-order valence-corrected chi connectivity index (χ0v) is 11.3. The third-order valence-corrected chi connectivity index (χ3v) is 4.31. The number of rotatable bonds is 3. The van der Waals surface area contributed by atoms with E-state index in [-0.39, 0.29) is 29.9 Å². The van der Waals surface area contributed by atoms with Crippen molar-refractivity contribution in [2.24, 2.45) is 11.8 Å². The average molecular weight is 295 g/mol. The first-order valence-electron chi connectivity index (χ1n) is 6.94. The number of hydrogen-bond acceptors (Lipinski definition) is 2. The SMILES string of the molecule is O=C(O)C1CCN(C(=O)C2CC2c2cc(F)ccc2F)C1. The van der Waals surface area contributed by atoms with E-state index in [9.17, 15) is 18.4 Å². The minimum Gasteiger partial charge on any atom is -0.481 e. The van der Waals surface area contributed by atoms with Gasteiger partial charge < -0.3 is 10.0 Å². The first-order valence-corrected chi connectivity index (χ1v) is 6.94. The summed E-state index contributed by atoms with van der Waals surface area (Å²) in [5.74, 6) is -3.22. The van der Waals surface area contributed by atoms with Crippen molar-refractivity contribution in [1.82, 2.24) is 4.90 Å². The highest BCUT2D eigenvalue weighted by Gasteiger charge is 2.48. The lowest BCUT2D eigenvalue weighted by Crippen LogP contribution is -2.31. The van der Waals surface area contributed by atoms with E-state index in [0.29, 0.717) is 19.4 Å². The summed E-state index contributed by atoms with van der Waals surface area (Å²) in [6, 6.07) is 3.26. The number of carbonyl (C=O) groups excluding carboxylic acids is 1. The van der Waals surface area contributed by atoms with Crippen molar-refractivity contribution in [3.63, 3.8) is 0 Å². The number of nitrogens with zero attached hydrogens (tertiary/aromatic N) is 1. The summed E-state index contributed by atoms with van der Waals surface area (Å²) in [7, 11) is 0. The molecule has 0 bridgehead atoms. The number of hydrogen-bond donors (Lipinski definition) is 1. The zero-order chi connectivity index (χ0) is 15.1. The first-order chi connectivity index (χ1) is 9.97. The van der Waals surface area contributed by atoms with Gasteiger partial charge in [-0.15, -0.1) is 0 Å². The lowest BCUT2D eigenvalue weighted by Gasteiger charge is -2.15. The molecule has 1 heterocycles. The number of likely N-dealkylation sites (tertiary alicyclic amines) is 1. The smallest absolute Gasteiger partial charge is 0.308 e. The molecule has 1 aliphatic heterocycles. The van der Waals surface area contributed by atoms with Crippen molar-refractivity contribution in [1.29, 1.82) is 0 Å². The first kappa shape index (κ1) is 14.0. The molecular formula is C15H15F2NO3. The van der Waals surface area contributed by atoms with E-state index >= 15 is 0 Å². The molecule has 0 spiro atoms. The highest BCUT2D eigenvalue weighted by atomic mass is 19.1. The zero-order valence-electron chi connectivity index (χ0n) is 11.3. The predicted octanol–water partition coefficient (Wildman–Crippen LogP) is 2.00. The second-order valence-electron chi connectivity index (χ2n) is 5.72. The highest BCUT2D eigenvalue weighted by Crippen LogP contribution is 2.49. The fourth-order valence-corrected chi connectivity index (χ4v) is 3.01. The Bertz CT molecular complexity index is 605. The van der Waals surface area contributed by atoms with Crippen LogP contribution in [-0.2, 0) is 9.59 Å². The van der Waals surface area contributed by atoms with Crippen LogP contribution in [0.3, 0.4) is 0 Å². The van der Waals surface area contributed by atoms with Crippen molar-refractivity contribution >= 4 is 11.9 Å². The lowest BCUT2D eigenvalue weighted by molar-refractivity contribution is -0.141. The summed E-state index contributed by atoms with van der Waals surface area (Å²) < 4.78 is 26.9. The van der Waals surface area contributed by atoms with E-state index in [1.807, 2.05) is 0 Å². The fourth-order valence-electron chi connectivity index (χ4n) is 3.01. The van der Waals surface area contributed by atoms with Crippen molar-refractivity contribution < 1.29 is 23.5 Å². The van der Waals surface area contributed by atoms with Crippen LogP contribution in [0.4, 0.5) is 8.78 Å². The maximum absolute atomic E-state index is 13.7. The summed E-state index contributed by atoms with van der Waals surface area (Å²) in [5, 5.41) is 8.93. The van der Waals surface area contributed by atoms with Gasteiger partial charge in [0, 0.05) is 19.0 Å². The number of carboxylic acid groups (broad SMARTS) is 1. The Hall–Kier alpha value is -1.98. The minimum absolute atomic E-state index is 0.146. The second kappa shape index (κ2) is 5.09. The Balaban J connectivity index is 1.67. The van der Waals surface area contributed by atoms with Gasteiger partial charge in [-0.05, 0) is 42.5 Å². The number of benzene rings is 1. The molecule has 2 fully saturated rings. The molecule has 21 heavy (non-hydrogen) atoms. The van der Waals surface area contributed by atoms with Gasteiger partial charge in [-0.3, -0.25) is 9.59 Å². The van der Waals surface area contributed by atoms with Gasteiger partial charge in [0.2, 0.25) is 5.91 Å². The molecule has 6 heteroatoms. The van der Waals surface area contributed by atoms with Gasteiger partial charge in [-0.2, -0.15) is 0 Å². The number of halogens is 2. The molecule has 1 amide bonds. The third-order valence-electron chi connectivity index (χ3n) is 4.31. The lowest BCUT2D eigenvalue weighted by atomic mass is 10.1. The summed E-state index contributed by atoms with van der Waals surface area (Å²) >= 11 is 0. The van der Waals surface area contributed by atoms with E-state index in [1.54, 1.807) is 0 Å². The summed E-state index contributed by atoms with van der Waals surface area (Å²) in [5.41, 5.74) is 0.238. The molecule has 1 aromatic carbocycles. The van der Waals surface area contributed by atoms with Crippen molar-refractivity contribution in [2.75, 3.05) is 13.1 Å². The molecule has 2 aliphatic rings. The minimum atomic E-state index is -0.895. The van der Waals surface area contributed by atoms with Crippen LogP contribution >= 0.6 is 0 Å². The number of carboxylic acids is 1. The van der Waals surface area contributed by atoms with Crippen molar-refractivity contribution in [2.45, 2.75) is 18.8 Å². The average Bonchev–Trinajstić information content (AvgIpc) is 3.07. The number of amides is 1. The summed E-state index contributed by atoms with van der Waals surface area (Å²) in [4.78, 5) is 24.7. The van der Waals surface area contributed by atoms with E-state index in [1.165, 1.54) is 4.90 Å². The Morgan fingerprint density at radius 3 is 2.71 bits per heavy atom. The molecule has 3 unspecified atom stereocenters. The quantitative estimate of drug-likeness (QED) is 0.928. The standard InChI is InChI=1S/C15H15F2NO3/c16-9-1-2-13(17)11(5-9)10-6-12(10)14(19)18-4-3-8(7-18)15(20)21/h1-2,5,8,10,12H,3-4,6-7H2,(H,20,21). The molecule has 0 radical (unpaired) electrons. The highest BCUT2D eigenvalue weighted by molar-refractivity contribution is 5.84. The molecule has 112 valence electrons. The van der Waals surface area contributed by atoms with E-state index < -0.39 is 23.5 Å². The monoisotopic (exact) mass is 295 g/mol. The third kappa shape index (κ3) is 2.62. The van der Waals surface area contributed by atoms with E-state index in [0.717, 1.165) is 18.2 Å². The van der Waals surface area contributed by atoms with Crippen LogP contribution < -0.4 is 0 Å². The van der Waals surface area contributed by atoms with Crippen LogP contribution in [-0.4, -0.2) is 35.0 Å². The van der Waals surface area contributed by atoms with Crippen LogP contribution in [0.5, 0.6) is 0 Å². The van der Waals surface area contributed by atoms with Crippen LogP contribution in [0.1, 0.15) is 24.3 Å². The Morgan fingerprint density at radius 2 is 2.05 bits per heavy atom. The topological polar surface area (TPSA) is 57.6 Å². The molecule has 0 aromatic heterocycles. The maximum Gasteiger partial charge on any atom is 0.308 e. The predicted molar refractivity (Wildman–Crippen MR) is 69.5 cm³/mol. The summed E-state index contributed by atoms with van der Waals surface area (Å²) in [6.07, 6.45) is 0.945. The van der Waals surface area contributed by atoms with Gasteiger partial charge in [0.1, 0.15) is 11.6 Å². The van der Waals surface area contributed by atoms with Crippen LogP contribution in [0.15, 0.2) is 18.2 Å². The molecule has 1 aromatic rings. The van der Waals surface area contributed by atoms with Gasteiger partial charge in [0.15, 0.2) is 0 Å². The summed E-state index contributed by atoms with van der Waals surface area (Å²) in [6.45, 7) is 0.633. The maximum atomic E-state index is 13.7. The van der Waals surface area contributed by atoms with Crippen LogP contribution in [0, 0.1) is 23.5 Å². The number of carbonyl (C=O) groups is 2. The normalized spacial score (nSPS) is 27.7. The molecule has 1 saturated carbocycles. The Kier molecular flexibility index (Phi) is 3.39. The van der Waals surface area contributed by atoms with Gasteiger partial charge in [0.05, 0.1) is 5.92 Å². The van der Waals surface area contributed by atoms with E-state index in [4.69, 9.17) is 5.11 Å². The van der Waals surface area contributed by atoms with Gasteiger partial charge >= 0.3 is 5.97 Å². The molecular weight excluding hydrogens is 280 g/mol. The molecule has 1 aliphatic carbocycles. The molecule has 4 nitrogen and oxygen atoms in total. The largest absolute Gasteiger partial charge is 0.481 e. The van der Waals surface area contributed by atoms with Gasteiger partial charge in [-0.1, -0.05) is 0 Å². The molecule has 1 saturated heterocycles.